The van der Waals surface area contributed by atoms with Crippen LogP contribution in [0.15, 0.2) is 54.0 Å². The number of aromatic nitrogens is 2. The van der Waals surface area contributed by atoms with E-state index in [0.717, 1.165) is 35.2 Å². The summed E-state index contributed by atoms with van der Waals surface area (Å²) in [4.78, 5) is 9.79. The van der Waals surface area contributed by atoms with Crippen LogP contribution in [0.25, 0.3) is 10.4 Å². The molecular weight excluding hydrogens is 514 g/mol. The number of hydrogen-bond donors (Lipinski definition) is 3. The summed E-state index contributed by atoms with van der Waals surface area (Å²) in [6, 6.07) is 9.88. The molecule has 0 amide bonds. The van der Waals surface area contributed by atoms with Gasteiger partial charge in [0, 0.05) is 29.1 Å². The summed E-state index contributed by atoms with van der Waals surface area (Å²) in [5, 5.41) is 6.93. The standard InChI is InChI=1S/C23H20F2N4O3S3/c24-15-5-8-17(18(25)10-15)21-11-26-23(34-21)28-19(22-27-20(12-33-22)14-3-4-14)9-13-1-6-16(7-2-13)29-35(30,31)32/h1-2,5-8,10-12,14,19,29H,3-4,9H2,(H,26,28)(H,30,31,32). The van der Waals surface area contributed by atoms with Crippen LogP contribution in [0, 0.1) is 11.6 Å². The van der Waals surface area contributed by atoms with Crippen molar-refractivity contribution in [1.82, 2.24) is 9.97 Å². The Morgan fingerprint density at radius 3 is 2.60 bits per heavy atom. The summed E-state index contributed by atoms with van der Waals surface area (Å²) in [7, 11) is -4.35. The van der Waals surface area contributed by atoms with Gasteiger partial charge >= 0.3 is 10.3 Å². The van der Waals surface area contributed by atoms with Gasteiger partial charge in [0.05, 0.1) is 22.3 Å². The minimum Gasteiger partial charge on any atom is -0.352 e. The maximum atomic E-state index is 14.2. The van der Waals surface area contributed by atoms with Crippen LogP contribution in [0.2, 0.25) is 0 Å². The van der Waals surface area contributed by atoms with Crippen LogP contribution in [0.1, 0.15) is 41.1 Å². The summed E-state index contributed by atoms with van der Waals surface area (Å²) < 4.78 is 60.6. The molecule has 0 bridgehead atoms. The average Bonchev–Trinajstić information content (AvgIpc) is 3.34. The first-order valence-electron chi connectivity index (χ1n) is 10.7. The van der Waals surface area contributed by atoms with Gasteiger partial charge in [-0.05, 0) is 49.1 Å². The fraction of sp³-hybridized carbons (Fsp3) is 0.217. The van der Waals surface area contributed by atoms with E-state index in [9.17, 15) is 17.2 Å². The normalized spacial score (nSPS) is 14.6. The van der Waals surface area contributed by atoms with E-state index >= 15 is 0 Å². The number of nitrogens with one attached hydrogen (secondary N) is 2. The number of nitrogens with zero attached hydrogens (tertiary/aromatic N) is 2. The molecule has 2 aromatic carbocycles. The van der Waals surface area contributed by atoms with Gasteiger partial charge in [0.15, 0.2) is 5.13 Å². The lowest BCUT2D eigenvalue weighted by atomic mass is 10.1. The maximum absolute atomic E-state index is 14.2. The number of rotatable bonds is 9. The van der Waals surface area contributed by atoms with Crippen LogP contribution < -0.4 is 10.0 Å². The van der Waals surface area contributed by atoms with Crippen LogP contribution in [0.3, 0.4) is 0 Å². The van der Waals surface area contributed by atoms with Crippen molar-refractivity contribution in [3.05, 3.63) is 81.9 Å². The van der Waals surface area contributed by atoms with Crippen LogP contribution in [0.5, 0.6) is 0 Å². The third-order valence-electron chi connectivity index (χ3n) is 5.47. The predicted molar refractivity (Wildman–Crippen MR) is 133 cm³/mol. The summed E-state index contributed by atoms with van der Waals surface area (Å²) >= 11 is 2.82. The Kier molecular flexibility index (Phi) is 6.53. The van der Waals surface area contributed by atoms with Gasteiger partial charge < -0.3 is 5.32 Å². The fourth-order valence-corrected chi connectivity index (χ4v) is 5.91. The van der Waals surface area contributed by atoms with Gasteiger partial charge in [-0.25, -0.2) is 18.7 Å². The Morgan fingerprint density at radius 2 is 1.91 bits per heavy atom. The third kappa shape index (κ3) is 6.01. The van der Waals surface area contributed by atoms with Gasteiger partial charge in [0.25, 0.3) is 0 Å². The Labute approximate surface area is 208 Å². The van der Waals surface area contributed by atoms with Crippen molar-refractivity contribution < 1.29 is 21.8 Å². The molecule has 0 aliphatic heterocycles. The topological polar surface area (TPSA) is 104 Å². The molecule has 1 unspecified atom stereocenters. The molecule has 0 radical (unpaired) electrons. The van der Waals surface area contributed by atoms with Crippen LogP contribution >= 0.6 is 22.7 Å². The van der Waals surface area contributed by atoms with Crippen LogP contribution in [-0.4, -0.2) is 22.9 Å². The third-order valence-corrected chi connectivity index (χ3v) is 7.91. The molecule has 2 aromatic heterocycles. The molecule has 1 aliphatic rings. The number of benzene rings is 2. The minimum absolute atomic E-state index is 0.232. The number of anilines is 2. The highest BCUT2D eigenvalue weighted by atomic mass is 32.2. The molecule has 1 saturated carbocycles. The molecule has 182 valence electrons. The smallest absolute Gasteiger partial charge is 0.352 e. The second kappa shape index (κ2) is 9.61. The molecule has 4 aromatic rings. The predicted octanol–water partition coefficient (Wildman–Crippen LogP) is 6.03. The molecule has 1 aliphatic carbocycles. The lowest BCUT2D eigenvalue weighted by Crippen LogP contribution is -2.14. The SMILES string of the molecule is O=S(=O)(O)Nc1ccc(CC(Nc2ncc(-c3ccc(F)cc3F)s2)c2nc(C3CC3)cs2)cc1. The highest BCUT2D eigenvalue weighted by molar-refractivity contribution is 7.87. The van der Waals surface area contributed by atoms with Crippen LogP contribution in [0.4, 0.5) is 19.6 Å². The molecule has 35 heavy (non-hydrogen) atoms. The van der Waals surface area contributed by atoms with E-state index in [2.05, 4.69) is 15.7 Å². The molecule has 3 N–H and O–H groups in total. The summed E-state index contributed by atoms with van der Waals surface area (Å²) in [5.74, 6) is -0.772. The Hall–Kier alpha value is -2.93. The highest BCUT2D eigenvalue weighted by Gasteiger charge is 2.28. The zero-order valence-corrected chi connectivity index (χ0v) is 20.6. The molecule has 0 saturated heterocycles. The zero-order chi connectivity index (χ0) is 24.6. The van der Waals surface area contributed by atoms with E-state index in [1.54, 1.807) is 41.8 Å². The summed E-state index contributed by atoms with van der Waals surface area (Å²) in [6.45, 7) is 0. The molecule has 7 nitrogen and oxygen atoms in total. The number of hydrogen-bond acceptors (Lipinski definition) is 7. The summed E-state index contributed by atoms with van der Waals surface area (Å²) in [6.07, 6.45) is 4.36. The Bertz CT molecular complexity index is 1450. The van der Waals surface area contributed by atoms with Gasteiger partial charge in [-0.2, -0.15) is 8.42 Å². The molecule has 12 heteroatoms. The van der Waals surface area contributed by atoms with Crippen molar-refractivity contribution in [1.29, 1.82) is 0 Å². The molecule has 2 heterocycles. The maximum Gasteiger partial charge on any atom is 0.357 e. The summed E-state index contributed by atoms with van der Waals surface area (Å²) in [5.41, 5.74) is 2.52. The van der Waals surface area contributed by atoms with Crippen molar-refractivity contribution in [3.63, 3.8) is 0 Å². The molecule has 0 spiro atoms. The van der Waals surface area contributed by atoms with E-state index in [1.807, 2.05) is 4.72 Å². The van der Waals surface area contributed by atoms with Crippen molar-refractivity contribution >= 4 is 43.8 Å². The monoisotopic (exact) mass is 534 g/mol. The molecule has 5 rings (SSSR count). The van der Waals surface area contributed by atoms with Crippen molar-refractivity contribution in [2.45, 2.75) is 31.2 Å². The molecular formula is C23H20F2N4O3S3. The van der Waals surface area contributed by atoms with Gasteiger partial charge in [-0.15, -0.1) is 11.3 Å². The fourth-order valence-electron chi connectivity index (χ4n) is 3.62. The van der Waals surface area contributed by atoms with Gasteiger partial charge in [0.2, 0.25) is 0 Å². The first-order valence-corrected chi connectivity index (χ1v) is 13.8. The lowest BCUT2D eigenvalue weighted by molar-refractivity contribution is 0.489. The zero-order valence-electron chi connectivity index (χ0n) is 18.1. The van der Waals surface area contributed by atoms with Gasteiger partial charge in [-0.3, -0.25) is 9.27 Å². The quantitative estimate of drug-likeness (QED) is 0.227. The van der Waals surface area contributed by atoms with Crippen molar-refractivity contribution in [3.8, 4) is 10.4 Å². The second-order valence-corrected chi connectivity index (χ2v) is 11.3. The van der Waals surface area contributed by atoms with Crippen molar-refractivity contribution in [2.75, 3.05) is 10.0 Å². The average molecular weight is 535 g/mol. The molecule has 1 fully saturated rings. The van der Waals surface area contributed by atoms with E-state index in [-0.39, 0.29) is 17.3 Å². The highest BCUT2D eigenvalue weighted by Crippen LogP contribution is 2.41. The molecule has 1 atom stereocenters. The van der Waals surface area contributed by atoms with E-state index in [1.165, 1.54) is 23.5 Å². The first-order chi connectivity index (χ1) is 16.7. The Balaban J connectivity index is 1.38. The van der Waals surface area contributed by atoms with Crippen LogP contribution in [-0.2, 0) is 16.7 Å². The van der Waals surface area contributed by atoms with Gasteiger partial charge in [0.1, 0.15) is 16.6 Å². The largest absolute Gasteiger partial charge is 0.357 e. The number of halogens is 2. The van der Waals surface area contributed by atoms with Gasteiger partial charge in [-0.1, -0.05) is 23.5 Å². The number of thiazole rings is 2. The lowest BCUT2D eigenvalue weighted by Gasteiger charge is -2.16. The van der Waals surface area contributed by atoms with E-state index in [4.69, 9.17) is 9.54 Å². The first kappa shape index (κ1) is 23.8. The van der Waals surface area contributed by atoms with E-state index in [0.29, 0.717) is 22.3 Å². The van der Waals surface area contributed by atoms with Crippen molar-refractivity contribution in [2.24, 2.45) is 0 Å². The second-order valence-electron chi connectivity index (χ2n) is 8.21. The Morgan fingerprint density at radius 1 is 1.14 bits per heavy atom. The minimum atomic E-state index is -4.35. The van der Waals surface area contributed by atoms with E-state index < -0.39 is 21.9 Å².